The highest BCUT2D eigenvalue weighted by Gasteiger charge is 2.14. The van der Waals surface area contributed by atoms with Crippen molar-refractivity contribution in [2.45, 2.75) is 19.4 Å². The lowest BCUT2D eigenvalue weighted by atomic mass is 10.1. The normalized spacial score (nSPS) is 12.7. The van der Waals surface area contributed by atoms with Crippen LogP contribution in [0, 0.1) is 5.82 Å². The van der Waals surface area contributed by atoms with E-state index in [-0.39, 0.29) is 5.02 Å². The number of aryl methyl sites for hydroxylation is 1. The number of furan rings is 1. The van der Waals surface area contributed by atoms with Crippen molar-refractivity contribution < 1.29 is 8.81 Å². The topological polar surface area (TPSA) is 39.2 Å². The quantitative estimate of drug-likeness (QED) is 0.906. The molecule has 0 fully saturated rings. The molecular formula is C13H13ClFNO. The van der Waals surface area contributed by atoms with E-state index in [4.69, 9.17) is 21.8 Å². The molecule has 0 aliphatic carbocycles. The lowest BCUT2D eigenvalue weighted by molar-refractivity contribution is 0.453. The van der Waals surface area contributed by atoms with Crippen molar-refractivity contribution in [2.24, 2.45) is 5.73 Å². The summed E-state index contributed by atoms with van der Waals surface area (Å²) in [6.45, 7) is 2.00. The maximum Gasteiger partial charge on any atom is 0.141 e. The fraction of sp³-hybridized carbons (Fsp3) is 0.231. The van der Waals surface area contributed by atoms with Gasteiger partial charge in [0.2, 0.25) is 0 Å². The van der Waals surface area contributed by atoms with Crippen molar-refractivity contribution >= 4 is 11.6 Å². The van der Waals surface area contributed by atoms with Crippen LogP contribution >= 0.6 is 11.6 Å². The Morgan fingerprint density at radius 2 is 2.12 bits per heavy atom. The van der Waals surface area contributed by atoms with Crippen LogP contribution in [0.4, 0.5) is 4.39 Å². The van der Waals surface area contributed by atoms with Crippen molar-refractivity contribution in [3.63, 3.8) is 0 Å². The van der Waals surface area contributed by atoms with Gasteiger partial charge in [0, 0.05) is 6.42 Å². The molecule has 2 N–H and O–H groups in total. The van der Waals surface area contributed by atoms with Gasteiger partial charge in [-0.1, -0.05) is 24.6 Å². The van der Waals surface area contributed by atoms with Gasteiger partial charge in [-0.25, -0.2) is 4.39 Å². The zero-order valence-electron chi connectivity index (χ0n) is 9.41. The highest BCUT2D eigenvalue weighted by molar-refractivity contribution is 6.30. The minimum absolute atomic E-state index is 0.0696. The molecule has 1 unspecified atom stereocenters. The Bertz CT molecular complexity index is 524. The first kappa shape index (κ1) is 12.1. The predicted molar refractivity (Wildman–Crippen MR) is 65.5 cm³/mol. The Kier molecular flexibility index (Phi) is 3.50. The zero-order chi connectivity index (χ0) is 12.4. The number of hydrogen-bond acceptors (Lipinski definition) is 2. The zero-order valence-corrected chi connectivity index (χ0v) is 10.2. The summed E-state index contributed by atoms with van der Waals surface area (Å²) in [4.78, 5) is 0. The number of halogens is 2. The highest BCUT2D eigenvalue weighted by atomic mass is 35.5. The lowest BCUT2D eigenvalue weighted by Crippen LogP contribution is -2.11. The lowest BCUT2D eigenvalue weighted by Gasteiger charge is -2.09. The molecule has 0 radical (unpaired) electrons. The molecule has 0 aliphatic heterocycles. The Morgan fingerprint density at radius 1 is 1.35 bits per heavy atom. The largest absolute Gasteiger partial charge is 0.464 e. The first-order chi connectivity index (χ1) is 8.11. The van der Waals surface area contributed by atoms with Gasteiger partial charge >= 0.3 is 0 Å². The fourth-order valence-corrected chi connectivity index (χ4v) is 1.81. The summed E-state index contributed by atoms with van der Waals surface area (Å²) in [6.07, 6.45) is 0.816. The summed E-state index contributed by atoms with van der Waals surface area (Å²) in [5.41, 5.74) is 6.76. The van der Waals surface area contributed by atoms with Gasteiger partial charge in [-0.2, -0.15) is 0 Å². The van der Waals surface area contributed by atoms with E-state index >= 15 is 0 Å². The van der Waals surface area contributed by atoms with Gasteiger partial charge < -0.3 is 10.2 Å². The van der Waals surface area contributed by atoms with Crippen molar-refractivity contribution in [3.05, 3.63) is 58.3 Å². The number of rotatable bonds is 3. The molecule has 2 rings (SSSR count). The van der Waals surface area contributed by atoms with Crippen molar-refractivity contribution in [3.8, 4) is 0 Å². The number of benzene rings is 1. The third kappa shape index (κ3) is 2.51. The van der Waals surface area contributed by atoms with Gasteiger partial charge in [-0.3, -0.25) is 0 Å². The molecule has 1 atom stereocenters. The van der Waals surface area contributed by atoms with Gasteiger partial charge in [0.05, 0.1) is 11.1 Å². The summed E-state index contributed by atoms with van der Waals surface area (Å²) < 4.78 is 18.6. The van der Waals surface area contributed by atoms with Crippen LogP contribution in [-0.2, 0) is 6.42 Å². The summed E-state index contributed by atoms with van der Waals surface area (Å²) >= 11 is 5.72. The highest BCUT2D eigenvalue weighted by Crippen LogP contribution is 2.25. The van der Waals surface area contributed by atoms with Gasteiger partial charge in [-0.05, 0) is 29.8 Å². The Hall–Kier alpha value is -1.32. The van der Waals surface area contributed by atoms with Crippen LogP contribution in [-0.4, -0.2) is 0 Å². The van der Waals surface area contributed by atoms with Crippen LogP contribution in [0.3, 0.4) is 0 Å². The van der Waals surface area contributed by atoms with Gasteiger partial charge in [-0.15, -0.1) is 0 Å². The molecule has 0 spiro atoms. The van der Waals surface area contributed by atoms with E-state index in [0.29, 0.717) is 5.76 Å². The average molecular weight is 254 g/mol. The maximum absolute atomic E-state index is 13.0. The summed E-state index contributed by atoms with van der Waals surface area (Å²) in [7, 11) is 0. The van der Waals surface area contributed by atoms with Gasteiger partial charge in [0.15, 0.2) is 0 Å². The van der Waals surface area contributed by atoms with Crippen LogP contribution < -0.4 is 5.73 Å². The van der Waals surface area contributed by atoms with E-state index in [1.807, 2.05) is 19.1 Å². The molecule has 1 heterocycles. The number of hydrogen-bond donors (Lipinski definition) is 1. The molecule has 0 aliphatic rings. The molecule has 90 valence electrons. The molecule has 1 aromatic heterocycles. The molecule has 0 bridgehead atoms. The van der Waals surface area contributed by atoms with Crippen LogP contribution in [0.5, 0.6) is 0 Å². The molecular weight excluding hydrogens is 241 g/mol. The summed E-state index contributed by atoms with van der Waals surface area (Å²) in [5, 5.41) is 0.0696. The fourth-order valence-electron chi connectivity index (χ4n) is 1.62. The van der Waals surface area contributed by atoms with E-state index in [2.05, 4.69) is 0 Å². The monoisotopic (exact) mass is 253 g/mol. The molecule has 0 saturated carbocycles. The second-order valence-corrected chi connectivity index (χ2v) is 4.22. The van der Waals surface area contributed by atoms with Crippen LogP contribution in [0.1, 0.15) is 30.0 Å². The summed E-state index contributed by atoms with van der Waals surface area (Å²) in [6, 6.07) is 7.74. The molecule has 4 heteroatoms. The first-order valence-corrected chi connectivity index (χ1v) is 5.78. The maximum atomic E-state index is 13.0. The Labute approximate surface area is 104 Å². The van der Waals surface area contributed by atoms with Crippen LogP contribution in [0.25, 0.3) is 0 Å². The Morgan fingerprint density at radius 3 is 2.71 bits per heavy atom. The Balaban J connectivity index is 2.29. The van der Waals surface area contributed by atoms with E-state index in [0.717, 1.165) is 17.7 Å². The van der Waals surface area contributed by atoms with E-state index < -0.39 is 11.9 Å². The first-order valence-electron chi connectivity index (χ1n) is 5.41. The third-order valence-electron chi connectivity index (χ3n) is 2.64. The molecule has 0 amide bonds. The van der Waals surface area contributed by atoms with E-state index in [1.165, 1.54) is 12.1 Å². The summed E-state index contributed by atoms with van der Waals surface area (Å²) in [5.74, 6) is 1.09. The molecule has 1 aromatic carbocycles. The molecule has 0 saturated heterocycles. The van der Waals surface area contributed by atoms with Gasteiger partial charge in [0.1, 0.15) is 17.3 Å². The van der Waals surface area contributed by atoms with E-state index in [9.17, 15) is 4.39 Å². The molecule has 2 aromatic rings. The minimum atomic E-state index is -0.448. The predicted octanol–water partition coefficient (Wildman–Crippen LogP) is 3.68. The van der Waals surface area contributed by atoms with Crippen LogP contribution in [0.15, 0.2) is 34.7 Å². The molecule has 2 nitrogen and oxygen atoms in total. The number of nitrogens with two attached hydrogens (primary N) is 1. The van der Waals surface area contributed by atoms with Crippen molar-refractivity contribution in [1.82, 2.24) is 0 Å². The standard InChI is InChI=1S/C13H13ClFNO/c1-2-9-4-6-12(17-9)13(16)8-3-5-11(15)10(14)7-8/h3-7,13H,2,16H2,1H3. The minimum Gasteiger partial charge on any atom is -0.464 e. The molecule has 17 heavy (non-hydrogen) atoms. The SMILES string of the molecule is CCc1ccc(C(N)c2ccc(F)c(Cl)c2)o1. The van der Waals surface area contributed by atoms with Crippen molar-refractivity contribution in [1.29, 1.82) is 0 Å². The van der Waals surface area contributed by atoms with Crippen LogP contribution in [0.2, 0.25) is 5.02 Å². The second kappa shape index (κ2) is 4.90. The van der Waals surface area contributed by atoms with E-state index in [1.54, 1.807) is 6.07 Å². The smallest absolute Gasteiger partial charge is 0.141 e. The van der Waals surface area contributed by atoms with Gasteiger partial charge in [0.25, 0.3) is 0 Å². The van der Waals surface area contributed by atoms with Crippen molar-refractivity contribution in [2.75, 3.05) is 0 Å². The second-order valence-electron chi connectivity index (χ2n) is 3.81. The average Bonchev–Trinajstić information content (AvgIpc) is 2.80. The third-order valence-corrected chi connectivity index (χ3v) is 2.93.